The van der Waals surface area contributed by atoms with Crippen LogP contribution in [0.5, 0.6) is 0 Å². The number of rotatable bonds is 3. The molecule has 88 valence electrons. The number of hydrogen-bond acceptors (Lipinski definition) is 2. The average molecular weight is 236 g/mol. The van der Waals surface area contributed by atoms with E-state index in [9.17, 15) is 5.11 Å². The van der Waals surface area contributed by atoms with Crippen molar-refractivity contribution in [3.8, 4) is 0 Å². The van der Waals surface area contributed by atoms with Crippen LogP contribution in [0.2, 0.25) is 0 Å². The summed E-state index contributed by atoms with van der Waals surface area (Å²) in [6.07, 6.45) is 7.50. The maximum absolute atomic E-state index is 9.71. The van der Waals surface area contributed by atoms with Gasteiger partial charge in [0.2, 0.25) is 0 Å². The molecule has 2 rings (SSSR count). The number of benzene rings is 1. The van der Waals surface area contributed by atoms with Crippen molar-refractivity contribution in [3.63, 3.8) is 0 Å². The van der Waals surface area contributed by atoms with Crippen LogP contribution in [0, 0.1) is 0 Å². The fourth-order valence-corrected chi connectivity index (χ4v) is 3.75. The van der Waals surface area contributed by atoms with Gasteiger partial charge in [0.15, 0.2) is 0 Å². The maximum Gasteiger partial charge on any atom is 0.0581 e. The summed E-state index contributed by atoms with van der Waals surface area (Å²) in [6, 6.07) is 10.5. The lowest BCUT2D eigenvalue weighted by Crippen LogP contribution is -2.28. The molecule has 0 spiro atoms. The van der Waals surface area contributed by atoms with Crippen LogP contribution in [0.1, 0.15) is 38.5 Å². The first-order valence-electron chi connectivity index (χ1n) is 6.20. The van der Waals surface area contributed by atoms with E-state index in [0.717, 1.165) is 12.8 Å². The molecule has 1 aromatic carbocycles. The molecular formula is C14H20OS. The summed E-state index contributed by atoms with van der Waals surface area (Å²) in [5.41, 5.74) is 0. The molecule has 0 unspecified atom stereocenters. The normalized spacial score (nSPS) is 20.3. The molecule has 16 heavy (non-hydrogen) atoms. The van der Waals surface area contributed by atoms with Crippen LogP contribution >= 0.6 is 11.8 Å². The molecule has 1 aliphatic carbocycles. The Morgan fingerprint density at radius 2 is 1.62 bits per heavy atom. The van der Waals surface area contributed by atoms with Crippen molar-refractivity contribution < 1.29 is 5.11 Å². The predicted molar refractivity (Wildman–Crippen MR) is 69.8 cm³/mol. The summed E-state index contributed by atoms with van der Waals surface area (Å²) in [4.78, 5) is 1.29. The highest BCUT2D eigenvalue weighted by molar-refractivity contribution is 8.00. The summed E-state index contributed by atoms with van der Waals surface area (Å²) in [7, 11) is 0. The molecule has 1 N–H and O–H groups in total. The number of hydrogen-bond donors (Lipinski definition) is 1. The first kappa shape index (κ1) is 12.0. The topological polar surface area (TPSA) is 20.2 Å². The second kappa shape index (κ2) is 5.74. The molecule has 0 aliphatic heterocycles. The van der Waals surface area contributed by atoms with Gasteiger partial charge in [-0.05, 0) is 25.0 Å². The van der Waals surface area contributed by atoms with E-state index in [1.165, 1.54) is 30.6 Å². The molecule has 0 bridgehead atoms. The van der Waals surface area contributed by atoms with Crippen molar-refractivity contribution in [2.24, 2.45) is 0 Å². The zero-order valence-electron chi connectivity index (χ0n) is 9.69. The van der Waals surface area contributed by atoms with E-state index >= 15 is 0 Å². The lowest BCUT2D eigenvalue weighted by atomic mass is 10.0. The van der Waals surface area contributed by atoms with Crippen LogP contribution in [0.4, 0.5) is 0 Å². The molecule has 1 nitrogen and oxygen atoms in total. The van der Waals surface area contributed by atoms with Gasteiger partial charge in [-0.3, -0.25) is 0 Å². The Bertz CT molecular complexity index is 302. The largest absolute Gasteiger partial charge is 0.395 e. The summed E-state index contributed by atoms with van der Waals surface area (Å²) in [5, 5.41) is 9.71. The highest BCUT2D eigenvalue weighted by Gasteiger charge is 2.31. The van der Waals surface area contributed by atoms with Crippen LogP contribution in [-0.2, 0) is 0 Å². The Morgan fingerprint density at radius 3 is 2.19 bits per heavy atom. The zero-order valence-corrected chi connectivity index (χ0v) is 10.5. The monoisotopic (exact) mass is 236 g/mol. The predicted octanol–water partition coefficient (Wildman–Crippen LogP) is 3.86. The van der Waals surface area contributed by atoms with Crippen LogP contribution < -0.4 is 0 Å². The van der Waals surface area contributed by atoms with Crippen molar-refractivity contribution in [1.29, 1.82) is 0 Å². The van der Waals surface area contributed by atoms with Gasteiger partial charge in [-0.1, -0.05) is 43.9 Å². The molecule has 0 amide bonds. The number of thioether (sulfide) groups is 1. The van der Waals surface area contributed by atoms with Crippen molar-refractivity contribution in [2.75, 3.05) is 6.61 Å². The lowest BCUT2D eigenvalue weighted by molar-refractivity contribution is 0.235. The summed E-state index contributed by atoms with van der Waals surface area (Å²) in [5.74, 6) is 0. The first-order valence-corrected chi connectivity index (χ1v) is 7.01. The molecule has 2 heteroatoms. The minimum atomic E-state index is 0.0812. The maximum atomic E-state index is 9.71. The van der Waals surface area contributed by atoms with Gasteiger partial charge in [-0.15, -0.1) is 11.8 Å². The van der Waals surface area contributed by atoms with Crippen molar-refractivity contribution in [2.45, 2.75) is 48.2 Å². The summed E-state index contributed by atoms with van der Waals surface area (Å²) >= 11 is 1.88. The van der Waals surface area contributed by atoms with Gasteiger partial charge in [0, 0.05) is 9.64 Å². The third kappa shape index (κ3) is 3.02. The van der Waals surface area contributed by atoms with E-state index in [1.54, 1.807) is 0 Å². The van der Waals surface area contributed by atoms with Crippen molar-refractivity contribution in [1.82, 2.24) is 0 Å². The van der Waals surface area contributed by atoms with Crippen LogP contribution in [0.3, 0.4) is 0 Å². The molecule has 1 aromatic rings. The minimum Gasteiger partial charge on any atom is -0.395 e. The SMILES string of the molecule is OCC1(Sc2ccccc2)CCCCCC1. The molecule has 0 saturated heterocycles. The van der Waals surface area contributed by atoms with Gasteiger partial charge < -0.3 is 5.11 Å². The van der Waals surface area contributed by atoms with Crippen LogP contribution in [0.15, 0.2) is 35.2 Å². The van der Waals surface area contributed by atoms with Crippen molar-refractivity contribution >= 4 is 11.8 Å². The van der Waals surface area contributed by atoms with Crippen LogP contribution in [-0.4, -0.2) is 16.5 Å². The quantitative estimate of drug-likeness (QED) is 0.804. The van der Waals surface area contributed by atoms with Gasteiger partial charge in [-0.2, -0.15) is 0 Å². The molecule has 1 aliphatic rings. The van der Waals surface area contributed by atoms with E-state index in [1.807, 2.05) is 17.8 Å². The lowest BCUT2D eigenvalue weighted by Gasteiger charge is -2.30. The highest BCUT2D eigenvalue weighted by atomic mass is 32.2. The first-order chi connectivity index (χ1) is 7.85. The fourth-order valence-electron chi connectivity index (χ4n) is 2.40. The van der Waals surface area contributed by atoms with Gasteiger partial charge in [0.1, 0.15) is 0 Å². The summed E-state index contributed by atoms with van der Waals surface area (Å²) in [6.45, 7) is 0.312. The Balaban J connectivity index is 2.08. The van der Waals surface area contributed by atoms with Gasteiger partial charge in [-0.25, -0.2) is 0 Å². The molecule has 0 aromatic heterocycles. The van der Waals surface area contributed by atoms with E-state index in [-0.39, 0.29) is 4.75 Å². The fraction of sp³-hybridized carbons (Fsp3) is 0.571. The Morgan fingerprint density at radius 1 is 1.00 bits per heavy atom. The number of aliphatic hydroxyl groups excluding tert-OH is 1. The molecular weight excluding hydrogens is 216 g/mol. The average Bonchev–Trinajstić information content (AvgIpc) is 2.57. The molecule has 1 fully saturated rings. The van der Waals surface area contributed by atoms with Gasteiger partial charge >= 0.3 is 0 Å². The highest BCUT2D eigenvalue weighted by Crippen LogP contribution is 2.42. The van der Waals surface area contributed by atoms with E-state index < -0.39 is 0 Å². The Hall–Kier alpha value is -0.470. The second-order valence-electron chi connectivity index (χ2n) is 4.67. The summed E-state index contributed by atoms with van der Waals surface area (Å²) < 4.78 is 0.0812. The third-order valence-electron chi connectivity index (χ3n) is 3.38. The third-order valence-corrected chi connectivity index (χ3v) is 4.86. The Labute approximate surface area is 102 Å². The molecule has 0 atom stereocenters. The molecule has 0 heterocycles. The standard InChI is InChI=1S/C14H20OS/c15-12-14(10-6-1-2-7-11-14)16-13-8-4-3-5-9-13/h3-5,8-9,15H,1-2,6-7,10-12H2. The van der Waals surface area contributed by atoms with Gasteiger partial charge in [0.25, 0.3) is 0 Å². The van der Waals surface area contributed by atoms with Crippen LogP contribution in [0.25, 0.3) is 0 Å². The van der Waals surface area contributed by atoms with E-state index in [4.69, 9.17) is 0 Å². The zero-order chi connectivity index (χ0) is 11.3. The second-order valence-corrected chi connectivity index (χ2v) is 6.21. The molecule has 1 saturated carbocycles. The smallest absolute Gasteiger partial charge is 0.0581 e. The van der Waals surface area contributed by atoms with Crippen molar-refractivity contribution in [3.05, 3.63) is 30.3 Å². The number of aliphatic hydroxyl groups is 1. The van der Waals surface area contributed by atoms with E-state index in [2.05, 4.69) is 24.3 Å². The molecule has 0 radical (unpaired) electrons. The van der Waals surface area contributed by atoms with E-state index in [0.29, 0.717) is 6.61 Å². The van der Waals surface area contributed by atoms with Gasteiger partial charge in [0.05, 0.1) is 6.61 Å². The minimum absolute atomic E-state index is 0.0812. The Kier molecular flexibility index (Phi) is 4.30.